The van der Waals surface area contributed by atoms with Crippen LogP contribution in [0.25, 0.3) is 0 Å². The topological polar surface area (TPSA) is 131 Å². The van der Waals surface area contributed by atoms with Gasteiger partial charge in [0, 0.05) is 7.05 Å². The third-order valence-corrected chi connectivity index (χ3v) is 5.22. The number of likely N-dealkylation sites (N-methyl/N-ethyl adjacent to an activating group) is 1. The fourth-order valence-corrected chi connectivity index (χ4v) is 3.40. The zero-order valence-corrected chi connectivity index (χ0v) is 21.1. The van der Waals surface area contributed by atoms with Crippen LogP contribution in [0.3, 0.4) is 0 Å². The molecule has 0 saturated carbocycles. The second-order valence-electron chi connectivity index (χ2n) is 9.43. The molecule has 0 spiro atoms. The molecule has 0 aliphatic carbocycles. The van der Waals surface area contributed by atoms with Crippen LogP contribution in [0.5, 0.6) is 0 Å². The molecule has 2 atom stereocenters. The first kappa shape index (κ1) is 28.4. The van der Waals surface area contributed by atoms with Crippen molar-refractivity contribution in [1.82, 2.24) is 10.6 Å². The predicted molar refractivity (Wildman–Crippen MR) is 133 cm³/mol. The van der Waals surface area contributed by atoms with Crippen molar-refractivity contribution >= 4 is 23.9 Å². The molecule has 0 heterocycles. The van der Waals surface area contributed by atoms with E-state index in [4.69, 9.17) is 9.47 Å². The van der Waals surface area contributed by atoms with Crippen molar-refractivity contribution in [2.24, 2.45) is 5.92 Å². The molecule has 0 aliphatic rings. The monoisotopic (exact) mass is 498 g/mol. The van der Waals surface area contributed by atoms with Gasteiger partial charge in [0.15, 0.2) is 0 Å². The summed E-state index contributed by atoms with van der Waals surface area (Å²) in [7, 11) is 1.56. The highest BCUT2D eigenvalue weighted by Gasteiger charge is 2.31. The SMILES string of the molecule is CNC(=O)Cc1ccc(COC(=O)[C@H](CC(Cc2ccccc2)C(=O)O)NC(=O)OC(C)(C)C)cc1. The minimum atomic E-state index is -1.22. The van der Waals surface area contributed by atoms with Crippen molar-refractivity contribution in [2.45, 2.75) is 58.3 Å². The molecule has 194 valence electrons. The zero-order chi connectivity index (χ0) is 26.7. The van der Waals surface area contributed by atoms with Gasteiger partial charge in [-0.25, -0.2) is 9.59 Å². The summed E-state index contributed by atoms with van der Waals surface area (Å²) in [6, 6.07) is 14.8. The molecule has 0 saturated heterocycles. The van der Waals surface area contributed by atoms with Crippen LogP contribution in [-0.4, -0.2) is 47.7 Å². The number of carbonyl (C=O) groups is 4. The maximum absolute atomic E-state index is 12.9. The zero-order valence-electron chi connectivity index (χ0n) is 21.1. The van der Waals surface area contributed by atoms with Crippen LogP contribution in [0.1, 0.15) is 43.9 Å². The van der Waals surface area contributed by atoms with Gasteiger partial charge in [-0.3, -0.25) is 9.59 Å². The van der Waals surface area contributed by atoms with Crippen LogP contribution in [0.15, 0.2) is 54.6 Å². The van der Waals surface area contributed by atoms with Crippen molar-refractivity contribution in [1.29, 1.82) is 0 Å². The fourth-order valence-electron chi connectivity index (χ4n) is 3.40. The average molecular weight is 499 g/mol. The molecular weight excluding hydrogens is 464 g/mol. The molecule has 9 nitrogen and oxygen atoms in total. The number of carboxylic acids is 1. The van der Waals surface area contributed by atoms with E-state index in [0.717, 1.165) is 11.1 Å². The van der Waals surface area contributed by atoms with E-state index in [0.29, 0.717) is 5.56 Å². The van der Waals surface area contributed by atoms with Gasteiger partial charge in [0.1, 0.15) is 18.2 Å². The molecule has 2 aromatic rings. The summed E-state index contributed by atoms with van der Waals surface area (Å²) in [6.45, 7) is 4.97. The predicted octanol–water partition coefficient (Wildman–Crippen LogP) is 3.25. The molecule has 2 aromatic carbocycles. The number of esters is 1. The van der Waals surface area contributed by atoms with Crippen LogP contribution < -0.4 is 10.6 Å². The first-order valence-electron chi connectivity index (χ1n) is 11.7. The van der Waals surface area contributed by atoms with Crippen molar-refractivity contribution in [3.05, 3.63) is 71.3 Å². The number of rotatable bonds is 11. The Morgan fingerprint density at radius 1 is 0.917 bits per heavy atom. The number of carbonyl (C=O) groups excluding carboxylic acids is 3. The minimum absolute atomic E-state index is 0.0813. The van der Waals surface area contributed by atoms with Crippen molar-refractivity contribution in [3.8, 4) is 0 Å². The lowest BCUT2D eigenvalue weighted by Crippen LogP contribution is -2.46. The van der Waals surface area contributed by atoms with Gasteiger partial charge in [-0.15, -0.1) is 0 Å². The average Bonchev–Trinajstić information content (AvgIpc) is 2.81. The van der Waals surface area contributed by atoms with E-state index >= 15 is 0 Å². The number of ether oxygens (including phenoxy) is 2. The Morgan fingerprint density at radius 3 is 2.08 bits per heavy atom. The van der Waals surface area contributed by atoms with Crippen LogP contribution in [-0.2, 0) is 43.3 Å². The van der Waals surface area contributed by atoms with E-state index in [-0.39, 0.29) is 31.8 Å². The molecule has 3 N–H and O–H groups in total. The first-order chi connectivity index (χ1) is 17.0. The van der Waals surface area contributed by atoms with Crippen molar-refractivity contribution < 1.29 is 33.8 Å². The lowest BCUT2D eigenvalue weighted by molar-refractivity contribution is -0.149. The highest BCUT2D eigenvalue weighted by atomic mass is 16.6. The quantitative estimate of drug-likeness (QED) is 0.405. The van der Waals surface area contributed by atoms with E-state index < -0.39 is 35.6 Å². The smallest absolute Gasteiger partial charge is 0.408 e. The van der Waals surface area contributed by atoms with Gasteiger partial charge in [-0.2, -0.15) is 0 Å². The summed E-state index contributed by atoms with van der Waals surface area (Å²) in [5.74, 6) is -2.92. The van der Waals surface area contributed by atoms with Crippen LogP contribution in [0.2, 0.25) is 0 Å². The maximum Gasteiger partial charge on any atom is 0.408 e. The number of benzene rings is 2. The molecule has 36 heavy (non-hydrogen) atoms. The van der Waals surface area contributed by atoms with E-state index in [1.165, 1.54) is 0 Å². The Bertz CT molecular complexity index is 1030. The molecule has 1 unspecified atom stereocenters. The summed E-state index contributed by atoms with van der Waals surface area (Å²) >= 11 is 0. The third kappa shape index (κ3) is 10.2. The fraction of sp³-hybridized carbons (Fsp3) is 0.407. The van der Waals surface area contributed by atoms with Crippen molar-refractivity contribution in [2.75, 3.05) is 7.05 Å². The Kier molecular flexibility index (Phi) is 10.5. The highest BCUT2D eigenvalue weighted by molar-refractivity contribution is 5.82. The first-order valence-corrected chi connectivity index (χ1v) is 11.7. The number of alkyl carbamates (subject to hydrolysis) is 1. The lowest BCUT2D eigenvalue weighted by Gasteiger charge is -2.24. The molecule has 0 aromatic heterocycles. The number of nitrogens with one attached hydrogen (secondary N) is 2. The number of hydrogen-bond acceptors (Lipinski definition) is 6. The number of aliphatic carboxylic acids is 1. The van der Waals surface area contributed by atoms with Gasteiger partial charge in [-0.1, -0.05) is 54.6 Å². The molecule has 0 bridgehead atoms. The molecule has 2 rings (SSSR count). The summed E-state index contributed by atoms with van der Waals surface area (Å²) in [5.41, 5.74) is 1.48. The van der Waals surface area contributed by atoms with Gasteiger partial charge in [-0.05, 0) is 50.3 Å². The Labute approximate surface area is 211 Å². The Morgan fingerprint density at radius 2 is 1.53 bits per heavy atom. The summed E-state index contributed by atoms with van der Waals surface area (Å²) in [4.78, 5) is 48.8. The number of amides is 2. The van der Waals surface area contributed by atoms with Gasteiger partial charge < -0.3 is 25.2 Å². The van der Waals surface area contributed by atoms with Gasteiger partial charge in [0.05, 0.1) is 12.3 Å². The second kappa shape index (κ2) is 13.3. The molecule has 0 radical (unpaired) electrons. The van der Waals surface area contributed by atoms with E-state index in [9.17, 15) is 24.3 Å². The lowest BCUT2D eigenvalue weighted by atomic mass is 9.92. The second-order valence-corrected chi connectivity index (χ2v) is 9.43. The van der Waals surface area contributed by atoms with Crippen LogP contribution in [0.4, 0.5) is 4.79 Å². The van der Waals surface area contributed by atoms with Crippen LogP contribution >= 0.6 is 0 Å². The number of carboxylic acid groups (broad SMARTS) is 1. The van der Waals surface area contributed by atoms with Crippen LogP contribution in [0, 0.1) is 5.92 Å². The molecular formula is C27H34N2O7. The van der Waals surface area contributed by atoms with E-state index in [2.05, 4.69) is 10.6 Å². The molecule has 9 heteroatoms. The number of hydrogen-bond donors (Lipinski definition) is 3. The molecule has 0 aliphatic heterocycles. The van der Waals surface area contributed by atoms with E-state index in [1.54, 1.807) is 76.3 Å². The van der Waals surface area contributed by atoms with Crippen molar-refractivity contribution in [3.63, 3.8) is 0 Å². The molecule has 2 amide bonds. The summed E-state index contributed by atoms with van der Waals surface area (Å²) in [5, 5.41) is 14.8. The standard InChI is InChI=1S/C27H34N2O7/c1-27(2,3)36-26(34)29-22(16-21(24(31)32)14-18-8-6-5-7-9-18)25(33)35-17-20-12-10-19(11-13-20)15-23(30)28-4/h5-13,21-22H,14-17H2,1-4H3,(H,28,30)(H,29,34)(H,31,32)/t21?,22-/m0/s1. The Balaban J connectivity index is 2.11. The third-order valence-electron chi connectivity index (χ3n) is 5.22. The largest absolute Gasteiger partial charge is 0.481 e. The van der Waals surface area contributed by atoms with Gasteiger partial charge >= 0.3 is 18.0 Å². The summed E-state index contributed by atoms with van der Waals surface area (Å²) < 4.78 is 10.7. The normalized spacial score (nSPS) is 12.7. The molecule has 0 fully saturated rings. The Hall–Kier alpha value is -3.88. The maximum atomic E-state index is 12.9. The van der Waals surface area contributed by atoms with Gasteiger partial charge in [0.25, 0.3) is 0 Å². The van der Waals surface area contributed by atoms with Gasteiger partial charge in [0.2, 0.25) is 5.91 Å². The van der Waals surface area contributed by atoms with E-state index in [1.807, 2.05) is 6.07 Å². The highest BCUT2D eigenvalue weighted by Crippen LogP contribution is 2.17. The summed E-state index contributed by atoms with van der Waals surface area (Å²) in [6.07, 6.45) is -0.598. The minimum Gasteiger partial charge on any atom is -0.481 e.